The minimum Gasteiger partial charge on any atom is -0.0984 e. The molecule has 0 saturated carbocycles. The molecule has 1 aliphatic carbocycles. The molecule has 7 aromatic rings. The predicted molar refractivity (Wildman–Crippen MR) is 192 cm³/mol. The quantitative estimate of drug-likeness (QED) is 0.192. The van der Waals surface area contributed by atoms with Gasteiger partial charge in [-0.2, -0.15) is 0 Å². The zero-order valence-electron chi connectivity index (χ0n) is 25.7. The normalized spacial score (nSPS) is 12.9. The van der Waals surface area contributed by atoms with Crippen molar-refractivity contribution in [3.63, 3.8) is 0 Å². The summed E-state index contributed by atoms with van der Waals surface area (Å²) < 4.78 is 0. The molecular formula is C45H34. The van der Waals surface area contributed by atoms with Gasteiger partial charge in [-0.15, -0.1) is 0 Å². The third kappa shape index (κ3) is 3.99. The molecule has 0 radical (unpaired) electrons. The molecule has 0 saturated heterocycles. The first-order chi connectivity index (χ1) is 22.1. The predicted octanol–water partition coefficient (Wildman–Crippen LogP) is 11.8. The Kier molecular flexibility index (Phi) is 6.39. The molecule has 0 amide bonds. The molecule has 0 fully saturated rings. The van der Waals surface area contributed by atoms with Gasteiger partial charge < -0.3 is 0 Å². The Morgan fingerprint density at radius 3 is 1.76 bits per heavy atom. The summed E-state index contributed by atoms with van der Waals surface area (Å²) in [5, 5.41) is 2.62. The van der Waals surface area contributed by atoms with Gasteiger partial charge in [0, 0.05) is 0 Å². The van der Waals surface area contributed by atoms with Crippen LogP contribution < -0.4 is 0 Å². The summed E-state index contributed by atoms with van der Waals surface area (Å²) in [6.07, 6.45) is 2.03. The van der Waals surface area contributed by atoms with E-state index >= 15 is 0 Å². The molecule has 214 valence electrons. The lowest BCUT2D eigenvalue weighted by molar-refractivity contribution is 0.768. The molecule has 0 unspecified atom stereocenters. The van der Waals surface area contributed by atoms with Crippen LogP contribution >= 0.6 is 0 Å². The monoisotopic (exact) mass is 574 g/mol. The van der Waals surface area contributed by atoms with Gasteiger partial charge in [0.15, 0.2) is 0 Å². The molecule has 0 bridgehead atoms. The fraction of sp³-hybridized carbons (Fsp3) is 0.0667. The van der Waals surface area contributed by atoms with Crippen molar-refractivity contribution in [2.45, 2.75) is 19.3 Å². The highest BCUT2D eigenvalue weighted by Gasteiger charge is 2.47. The highest BCUT2D eigenvalue weighted by Crippen LogP contribution is 2.59. The molecule has 8 rings (SSSR count). The number of hydrogen-bond donors (Lipinski definition) is 0. The summed E-state index contributed by atoms with van der Waals surface area (Å²) in [5.74, 6) is 0. The van der Waals surface area contributed by atoms with Crippen molar-refractivity contribution < 1.29 is 0 Å². The van der Waals surface area contributed by atoms with Crippen LogP contribution in [0.3, 0.4) is 0 Å². The second kappa shape index (κ2) is 10.6. The molecule has 0 atom stereocenters. The highest BCUT2D eigenvalue weighted by molar-refractivity contribution is 6.06. The second-order valence-electron chi connectivity index (χ2n) is 12.2. The van der Waals surface area contributed by atoms with Crippen LogP contribution in [-0.2, 0) is 5.41 Å². The van der Waals surface area contributed by atoms with E-state index in [0.29, 0.717) is 0 Å². The number of fused-ring (bicyclic) bond motifs is 5. The first-order valence-corrected chi connectivity index (χ1v) is 15.7. The van der Waals surface area contributed by atoms with Crippen LogP contribution in [0.5, 0.6) is 0 Å². The Morgan fingerprint density at radius 2 is 1.07 bits per heavy atom. The van der Waals surface area contributed by atoms with Gasteiger partial charge in [-0.05, 0) is 103 Å². The van der Waals surface area contributed by atoms with Crippen LogP contribution in [0.15, 0.2) is 158 Å². The van der Waals surface area contributed by atoms with E-state index in [1.54, 1.807) is 0 Å². The van der Waals surface area contributed by atoms with Crippen LogP contribution in [0.1, 0.15) is 38.9 Å². The SMILES string of the molecule is C=Cc1c(-c2ccc3c(c2)C(c2ccccc2)(c2ccccc2)c2cc(C)c4ccccc4c2-3)cccc1-c1ccccc1C. The summed E-state index contributed by atoms with van der Waals surface area (Å²) in [4.78, 5) is 0. The zero-order valence-corrected chi connectivity index (χ0v) is 25.7. The van der Waals surface area contributed by atoms with E-state index in [1.807, 2.05) is 6.08 Å². The minimum absolute atomic E-state index is 0.472. The van der Waals surface area contributed by atoms with Crippen LogP contribution in [-0.4, -0.2) is 0 Å². The van der Waals surface area contributed by atoms with Crippen molar-refractivity contribution in [2.75, 3.05) is 0 Å². The largest absolute Gasteiger partial charge is 0.0984 e. The summed E-state index contributed by atoms with van der Waals surface area (Å²) in [5.41, 5.74) is 16.0. The summed E-state index contributed by atoms with van der Waals surface area (Å²) in [6.45, 7) is 8.74. The zero-order chi connectivity index (χ0) is 30.5. The first-order valence-electron chi connectivity index (χ1n) is 15.7. The van der Waals surface area contributed by atoms with Gasteiger partial charge >= 0.3 is 0 Å². The fourth-order valence-corrected chi connectivity index (χ4v) is 7.84. The van der Waals surface area contributed by atoms with Gasteiger partial charge in [0.25, 0.3) is 0 Å². The van der Waals surface area contributed by atoms with Crippen LogP contribution in [0.25, 0.3) is 50.2 Å². The Hall–Kier alpha value is -5.46. The third-order valence-electron chi connectivity index (χ3n) is 9.82. The molecule has 0 spiro atoms. The third-order valence-corrected chi connectivity index (χ3v) is 9.82. The Balaban J connectivity index is 1.49. The van der Waals surface area contributed by atoms with Crippen molar-refractivity contribution in [1.29, 1.82) is 0 Å². The Bertz CT molecular complexity index is 2200. The number of rotatable bonds is 5. The minimum atomic E-state index is -0.472. The lowest BCUT2D eigenvalue weighted by Gasteiger charge is -2.34. The molecule has 1 aliphatic rings. The summed E-state index contributed by atoms with van der Waals surface area (Å²) >= 11 is 0. The maximum atomic E-state index is 4.31. The lowest BCUT2D eigenvalue weighted by atomic mass is 9.67. The van der Waals surface area contributed by atoms with Crippen molar-refractivity contribution in [2.24, 2.45) is 0 Å². The van der Waals surface area contributed by atoms with Crippen molar-refractivity contribution >= 4 is 16.8 Å². The van der Waals surface area contributed by atoms with Crippen LogP contribution in [0.4, 0.5) is 0 Å². The molecule has 0 N–H and O–H groups in total. The van der Waals surface area contributed by atoms with Gasteiger partial charge in [0.05, 0.1) is 5.41 Å². The van der Waals surface area contributed by atoms with Crippen LogP contribution in [0.2, 0.25) is 0 Å². The number of hydrogen-bond acceptors (Lipinski definition) is 0. The molecular weight excluding hydrogens is 540 g/mol. The van der Waals surface area contributed by atoms with E-state index in [9.17, 15) is 0 Å². The Labute approximate surface area is 266 Å². The number of aryl methyl sites for hydroxylation is 2. The molecule has 0 heteroatoms. The van der Waals surface area contributed by atoms with E-state index in [4.69, 9.17) is 0 Å². The molecule has 0 aromatic heterocycles. The topological polar surface area (TPSA) is 0 Å². The lowest BCUT2D eigenvalue weighted by Crippen LogP contribution is -2.28. The summed E-state index contributed by atoms with van der Waals surface area (Å²) in [6, 6.07) is 55.9. The smallest absolute Gasteiger partial charge is 0.0714 e. The van der Waals surface area contributed by atoms with Crippen molar-refractivity contribution in [1.82, 2.24) is 0 Å². The molecule has 0 heterocycles. The average Bonchev–Trinajstić information content (AvgIpc) is 3.39. The molecule has 45 heavy (non-hydrogen) atoms. The maximum Gasteiger partial charge on any atom is 0.0714 e. The van der Waals surface area contributed by atoms with Crippen molar-refractivity contribution in [3.8, 4) is 33.4 Å². The molecule has 0 nitrogen and oxygen atoms in total. The number of benzene rings is 7. The molecule has 0 aliphatic heterocycles. The van der Waals surface area contributed by atoms with E-state index in [2.05, 4.69) is 172 Å². The van der Waals surface area contributed by atoms with E-state index in [-0.39, 0.29) is 0 Å². The van der Waals surface area contributed by atoms with Crippen molar-refractivity contribution in [3.05, 3.63) is 197 Å². The standard InChI is InChI=1S/C45H34/c1-4-35-38(24-15-25-39(35)36-21-12-11-16-30(36)2)32-26-27-41-42(29-32)45(33-17-7-5-8-18-33,34-19-9-6-10-20-34)43-28-31(3)37-22-13-14-23-40(37)44(41)43/h4-29H,1H2,2-3H3. The maximum absolute atomic E-state index is 4.31. The highest BCUT2D eigenvalue weighted by atomic mass is 14.5. The average molecular weight is 575 g/mol. The second-order valence-corrected chi connectivity index (χ2v) is 12.2. The fourth-order valence-electron chi connectivity index (χ4n) is 7.84. The van der Waals surface area contributed by atoms with Gasteiger partial charge in [0.1, 0.15) is 0 Å². The van der Waals surface area contributed by atoms with Gasteiger partial charge in [0.2, 0.25) is 0 Å². The first kappa shape index (κ1) is 27.1. The van der Waals surface area contributed by atoms with E-state index in [0.717, 1.165) is 5.56 Å². The van der Waals surface area contributed by atoms with E-state index in [1.165, 1.54) is 77.5 Å². The Morgan fingerprint density at radius 1 is 0.467 bits per heavy atom. The van der Waals surface area contributed by atoms with Gasteiger partial charge in [-0.3, -0.25) is 0 Å². The van der Waals surface area contributed by atoms with Gasteiger partial charge in [-0.25, -0.2) is 0 Å². The van der Waals surface area contributed by atoms with Gasteiger partial charge in [-0.1, -0.05) is 158 Å². The van der Waals surface area contributed by atoms with Crippen LogP contribution in [0, 0.1) is 13.8 Å². The van der Waals surface area contributed by atoms with E-state index < -0.39 is 5.41 Å². The summed E-state index contributed by atoms with van der Waals surface area (Å²) in [7, 11) is 0. The molecule has 7 aromatic carbocycles.